The van der Waals surface area contributed by atoms with E-state index in [1.165, 1.54) is 16.2 Å². The Kier molecular flexibility index (Phi) is 4.83. The van der Waals surface area contributed by atoms with Gasteiger partial charge in [0.15, 0.2) is 0 Å². The van der Waals surface area contributed by atoms with E-state index < -0.39 is 0 Å². The Labute approximate surface area is 146 Å². The lowest BCUT2D eigenvalue weighted by Gasteiger charge is -2.36. The minimum absolute atomic E-state index is 0.120. The SMILES string of the molecule is Fc1ccccc1N1CCN(Cc2ccc([C@@H]3CCCO3)s2)CC1. The Hall–Kier alpha value is -1.43. The van der Waals surface area contributed by atoms with Gasteiger partial charge in [-0.05, 0) is 37.1 Å². The molecule has 2 fully saturated rings. The summed E-state index contributed by atoms with van der Waals surface area (Å²) in [6.45, 7) is 5.59. The second-order valence-corrected chi connectivity index (χ2v) is 7.72. The molecule has 4 rings (SSSR count). The summed E-state index contributed by atoms with van der Waals surface area (Å²) in [5.41, 5.74) is 0.731. The van der Waals surface area contributed by atoms with Crippen LogP contribution >= 0.6 is 11.3 Å². The third-order valence-electron chi connectivity index (χ3n) is 4.87. The zero-order chi connectivity index (χ0) is 16.4. The number of halogens is 1. The Morgan fingerprint density at radius 1 is 1.08 bits per heavy atom. The number of hydrogen-bond donors (Lipinski definition) is 0. The van der Waals surface area contributed by atoms with E-state index in [4.69, 9.17) is 4.74 Å². The van der Waals surface area contributed by atoms with Gasteiger partial charge in [-0.3, -0.25) is 4.90 Å². The normalized spacial score (nSPS) is 22.2. The fourth-order valence-corrected chi connectivity index (χ4v) is 4.67. The lowest BCUT2D eigenvalue weighted by Crippen LogP contribution is -2.46. The maximum absolute atomic E-state index is 13.9. The van der Waals surface area contributed by atoms with Gasteiger partial charge < -0.3 is 9.64 Å². The largest absolute Gasteiger partial charge is 0.373 e. The Bertz CT molecular complexity index is 676. The number of thiophene rings is 1. The molecule has 2 aromatic rings. The van der Waals surface area contributed by atoms with Crippen molar-refractivity contribution >= 4 is 17.0 Å². The molecule has 2 saturated heterocycles. The van der Waals surface area contributed by atoms with Crippen LogP contribution in [0, 0.1) is 5.82 Å². The Morgan fingerprint density at radius 3 is 2.67 bits per heavy atom. The van der Waals surface area contributed by atoms with E-state index in [0.29, 0.717) is 6.10 Å². The van der Waals surface area contributed by atoms with Gasteiger partial charge in [0, 0.05) is 49.1 Å². The molecule has 0 radical (unpaired) electrons. The molecule has 0 saturated carbocycles. The number of para-hydroxylation sites is 1. The molecule has 2 aliphatic heterocycles. The van der Waals surface area contributed by atoms with Crippen molar-refractivity contribution in [3.8, 4) is 0 Å². The van der Waals surface area contributed by atoms with Crippen molar-refractivity contribution in [2.24, 2.45) is 0 Å². The van der Waals surface area contributed by atoms with E-state index in [1.807, 2.05) is 23.5 Å². The first-order chi connectivity index (χ1) is 11.8. The molecule has 3 nitrogen and oxygen atoms in total. The molecule has 0 bridgehead atoms. The first-order valence-corrected chi connectivity index (χ1v) is 9.53. The predicted octanol–water partition coefficient (Wildman–Crippen LogP) is 4.06. The van der Waals surface area contributed by atoms with E-state index >= 15 is 0 Å². The van der Waals surface area contributed by atoms with Crippen molar-refractivity contribution in [1.82, 2.24) is 4.90 Å². The quantitative estimate of drug-likeness (QED) is 0.830. The summed E-state index contributed by atoms with van der Waals surface area (Å²) < 4.78 is 19.7. The number of benzene rings is 1. The fraction of sp³-hybridized carbons (Fsp3) is 0.474. The molecule has 24 heavy (non-hydrogen) atoms. The zero-order valence-electron chi connectivity index (χ0n) is 13.8. The average molecular weight is 346 g/mol. The van der Waals surface area contributed by atoms with E-state index in [9.17, 15) is 4.39 Å². The van der Waals surface area contributed by atoms with Gasteiger partial charge in [0.05, 0.1) is 11.8 Å². The van der Waals surface area contributed by atoms with Gasteiger partial charge in [0.2, 0.25) is 0 Å². The number of nitrogens with zero attached hydrogens (tertiary/aromatic N) is 2. The summed E-state index contributed by atoms with van der Waals surface area (Å²) in [6.07, 6.45) is 2.65. The molecular weight excluding hydrogens is 323 g/mol. The maximum Gasteiger partial charge on any atom is 0.146 e. The highest BCUT2D eigenvalue weighted by atomic mass is 32.1. The molecule has 0 spiro atoms. The van der Waals surface area contributed by atoms with Gasteiger partial charge in [-0.1, -0.05) is 12.1 Å². The van der Waals surface area contributed by atoms with Crippen molar-refractivity contribution < 1.29 is 9.13 Å². The lowest BCUT2D eigenvalue weighted by atomic mass is 10.2. The average Bonchev–Trinajstić information content (AvgIpc) is 3.27. The van der Waals surface area contributed by atoms with Gasteiger partial charge in [0.1, 0.15) is 5.82 Å². The maximum atomic E-state index is 13.9. The molecule has 1 aromatic heterocycles. The van der Waals surface area contributed by atoms with Crippen molar-refractivity contribution in [3.63, 3.8) is 0 Å². The molecule has 2 aliphatic rings. The van der Waals surface area contributed by atoms with Gasteiger partial charge in [-0.25, -0.2) is 4.39 Å². The summed E-state index contributed by atoms with van der Waals surface area (Å²) in [5.74, 6) is -0.120. The number of rotatable bonds is 4. The van der Waals surface area contributed by atoms with Crippen LogP contribution in [0.5, 0.6) is 0 Å². The van der Waals surface area contributed by atoms with E-state index in [0.717, 1.165) is 51.4 Å². The van der Waals surface area contributed by atoms with Crippen LogP contribution in [0.1, 0.15) is 28.7 Å². The van der Waals surface area contributed by atoms with E-state index in [2.05, 4.69) is 21.9 Å². The van der Waals surface area contributed by atoms with E-state index in [1.54, 1.807) is 12.1 Å². The third-order valence-corrected chi connectivity index (χ3v) is 6.04. The molecule has 0 unspecified atom stereocenters. The van der Waals surface area contributed by atoms with Crippen molar-refractivity contribution in [3.05, 3.63) is 52.0 Å². The highest BCUT2D eigenvalue weighted by molar-refractivity contribution is 7.12. The van der Waals surface area contributed by atoms with Crippen molar-refractivity contribution in [2.45, 2.75) is 25.5 Å². The molecule has 5 heteroatoms. The summed E-state index contributed by atoms with van der Waals surface area (Å²) in [5, 5.41) is 0. The van der Waals surface area contributed by atoms with Crippen LogP contribution < -0.4 is 4.90 Å². The second-order valence-electron chi connectivity index (χ2n) is 6.52. The monoisotopic (exact) mass is 346 g/mol. The number of ether oxygens (including phenoxy) is 1. The van der Waals surface area contributed by atoms with Crippen molar-refractivity contribution in [1.29, 1.82) is 0 Å². The van der Waals surface area contributed by atoms with Crippen molar-refractivity contribution in [2.75, 3.05) is 37.7 Å². The van der Waals surface area contributed by atoms with Crippen LogP contribution in [0.3, 0.4) is 0 Å². The second kappa shape index (κ2) is 7.21. The van der Waals surface area contributed by atoms with Crippen LogP contribution in [-0.2, 0) is 11.3 Å². The summed E-state index contributed by atoms with van der Waals surface area (Å²) in [7, 11) is 0. The minimum Gasteiger partial charge on any atom is -0.373 e. The number of hydrogen-bond acceptors (Lipinski definition) is 4. The Balaban J connectivity index is 1.32. The number of piperazine rings is 1. The molecule has 3 heterocycles. The minimum atomic E-state index is -0.120. The molecular formula is C19H23FN2OS. The van der Waals surface area contributed by atoms with Gasteiger partial charge in [0.25, 0.3) is 0 Å². The highest BCUT2D eigenvalue weighted by Gasteiger charge is 2.22. The summed E-state index contributed by atoms with van der Waals surface area (Å²) in [4.78, 5) is 7.38. The molecule has 0 aliphatic carbocycles. The first-order valence-electron chi connectivity index (χ1n) is 8.71. The van der Waals surface area contributed by atoms with Crippen LogP contribution in [-0.4, -0.2) is 37.7 Å². The van der Waals surface area contributed by atoms with Crippen LogP contribution in [0.4, 0.5) is 10.1 Å². The molecule has 0 N–H and O–H groups in total. The fourth-order valence-electron chi connectivity index (χ4n) is 3.53. The zero-order valence-corrected chi connectivity index (χ0v) is 14.6. The molecule has 1 aromatic carbocycles. The standard InChI is InChI=1S/C19H23FN2OS/c20-16-4-1-2-5-17(16)22-11-9-21(10-12-22)14-15-7-8-19(24-15)18-6-3-13-23-18/h1-2,4-5,7-8,18H,3,6,9-14H2/t18-/m0/s1. The first kappa shape index (κ1) is 16.1. The molecule has 0 amide bonds. The van der Waals surface area contributed by atoms with Gasteiger partial charge in [-0.2, -0.15) is 0 Å². The number of anilines is 1. The smallest absolute Gasteiger partial charge is 0.146 e. The van der Waals surface area contributed by atoms with Gasteiger partial charge >= 0.3 is 0 Å². The van der Waals surface area contributed by atoms with Crippen LogP contribution in [0.25, 0.3) is 0 Å². The van der Waals surface area contributed by atoms with Crippen LogP contribution in [0.2, 0.25) is 0 Å². The molecule has 1 atom stereocenters. The molecule has 128 valence electrons. The summed E-state index contributed by atoms with van der Waals surface area (Å²) in [6, 6.07) is 11.5. The summed E-state index contributed by atoms with van der Waals surface area (Å²) >= 11 is 1.88. The predicted molar refractivity (Wildman–Crippen MR) is 96.1 cm³/mol. The van der Waals surface area contributed by atoms with Crippen LogP contribution in [0.15, 0.2) is 36.4 Å². The van der Waals surface area contributed by atoms with E-state index in [-0.39, 0.29) is 5.82 Å². The Morgan fingerprint density at radius 2 is 1.92 bits per heavy atom. The lowest BCUT2D eigenvalue weighted by molar-refractivity contribution is 0.114. The third kappa shape index (κ3) is 3.48. The van der Waals surface area contributed by atoms with Gasteiger partial charge in [-0.15, -0.1) is 11.3 Å². The highest BCUT2D eigenvalue weighted by Crippen LogP contribution is 2.33. The topological polar surface area (TPSA) is 15.7 Å².